The predicted molar refractivity (Wildman–Crippen MR) is 89.5 cm³/mol. The Morgan fingerprint density at radius 1 is 1.23 bits per heavy atom. The van der Waals surface area contributed by atoms with Gasteiger partial charge in [-0.05, 0) is 40.1 Å². The molecule has 0 saturated carbocycles. The highest BCUT2D eigenvalue weighted by Crippen LogP contribution is 2.21. The summed E-state index contributed by atoms with van der Waals surface area (Å²) in [7, 11) is 0.261. The van der Waals surface area contributed by atoms with Gasteiger partial charge >= 0.3 is 0 Å². The standard InChI is InChI=1S/C15H25N3O3S/c1-12-6-8-14(9-7-12)18(22(5,20)21)13(2)15(19)16-10-11-17(3)4/h6-9,13H,10-11H2,1-5H3,(H,16,19). The van der Waals surface area contributed by atoms with Crippen LogP contribution in [-0.4, -0.2) is 58.7 Å². The minimum atomic E-state index is -3.55. The number of hydrogen-bond donors (Lipinski definition) is 1. The van der Waals surface area contributed by atoms with Crippen LogP contribution >= 0.6 is 0 Å². The van der Waals surface area contributed by atoms with Gasteiger partial charge in [0, 0.05) is 13.1 Å². The maximum absolute atomic E-state index is 12.2. The van der Waals surface area contributed by atoms with Crippen molar-refractivity contribution in [1.29, 1.82) is 0 Å². The van der Waals surface area contributed by atoms with Crippen LogP contribution in [0.25, 0.3) is 0 Å². The lowest BCUT2D eigenvalue weighted by molar-refractivity contribution is -0.121. The third kappa shape index (κ3) is 5.31. The highest BCUT2D eigenvalue weighted by molar-refractivity contribution is 7.92. The number of aryl methyl sites for hydroxylation is 1. The summed E-state index contributed by atoms with van der Waals surface area (Å²) in [5, 5.41) is 2.76. The molecule has 22 heavy (non-hydrogen) atoms. The lowest BCUT2D eigenvalue weighted by Crippen LogP contribution is -2.48. The molecule has 1 amide bonds. The van der Waals surface area contributed by atoms with Crippen LogP contribution in [0.5, 0.6) is 0 Å². The summed E-state index contributed by atoms with van der Waals surface area (Å²) < 4.78 is 25.3. The van der Waals surface area contributed by atoms with E-state index in [2.05, 4.69) is 5.32 Å². The highest BCUT2D eigenvalue weighted by Gasteiger charge is 2.28. The first-order valence-electron chi connectivity index (χ1n) is 7.11. The molecule has 0 heterocycles. The SMILES string of the molecule is Cc1ccc(N(C(C)C(=O)NCCN(C)C)S(C)(=O)=O)cc1. The number of likely N-dealkylation sites (N-methyl/N-ethyl adjacent to an activating group) is 1. The molecule has 0 aliphatic rings. The van der Waals surface area contributed by atoms with Gasteiger partial charge in [-0.25, -0.2) is 8.42 Å². The molecule has 124 valence electrons. The van der Waals surface area contributed by atoms with Crippen LogP contribution in [0, 0.1) is 6.92 Å². The van der Waals surface area contributed by atoms with Crippen LogP contribution < -0.4 is 9.62 Å². The molecule has 1 aromatic rings. The summed E-state index contributed by atoms with van der Waals surface area (Å²) in [6.45, 7) is 4.68. The molecular weight excluding hydrogens is 302 g/mol. The molecule has 0 aliphatic carbocycles. The number of hydrogen-bond acceptors (Lipinski definition) is 4. The summed E-state index contributed by atoms with van der Waals surface area (Å²) in [5.74, 6) is -0.312. The molecule has 1 atom stereocenters. The van der Waals surface area contributed by atoms with Gasteiger partial charge in [0.1, 0.15) is 6.04 Å². The van der Waals surface area contributed by atoms with E-state index in [4.69, 9.17) is 0 Å². The fourth-order valence-electron chi connectivity index (χ4n) is 2.05. The van der Waals surface area contributed by atoms with Crippen molar-refractivity contribution in [2.75, 3.05) is 37.7 Å². The first-order chi connectivity index (χ1) is 10.1. The van der Waals surface area contributed by atoms with E-state index in [1.807, 2.05) is 38.1 Å². The van der Waals surface area contributed by atoms with Crippen molar-refractivity contribution in [3.8, 4) is 0 Å². The largest absolute Gasteiger partial charge is 0.353 e. The molecule has 1 unspecified atom stereocenters. The average Bonchev–Trinajstić information content (AvgIpc) is 2.39. The smallest absolute Gasteiger partial charge is 0.243 e. The van der Waals surface area contributed by atoms with Gasteiger partial charge in [0.25, 0.3) is 0 Å². The van der Waals surface area contributed by atoms with Crippen molar-refractivity contribution in [3.05, 3.63) is 29.8 Å². The van der Waals surface area contributed by atoms with Gasteiger partial charge in [0.15, 0.2) is 0 Å². The Bertz CT molecular complexity index is 597. The van der Waals surface area contributed by atoms with Crippen molar-refractivity contribution >= 4 is 21.6 Å². The van der Waals surface area contributed by atoms with Gasteiger partial charge in [0.05, 0.1) is 11.9 Å². The van der Waals surface area contributed by atoms with E-state index in [0.717, 1.165) is 16.1 Å². The minimum absolute atomic E-state index is 0.312. The van der Waals surface area contributed by atoms with E-state index in [1.54, 1.807) is 19.1 Å². The molecule has 0 aromatic heterocycles. The molecule has 1 aromatic carbocycles. The van der Waals surface area contributed by atoms with Crippen molar-refractivity contribution in [2.45, 2.75) is 19.9 Å². The van der Waals surface area contributed by atoms with Crippen molar-refractivity contribution < 1.29 is 13.2 Å². The molecule has 0 bridgehead atoms. The Balaban J connectivity index is 2.93. The van der Waals surface area contributed by atoms with Crippen molar-refractivity contribution in [3.63, 3.8) is 0 Å². The molecule has 0 saturated heterocycles. The Hall–Kier alpha value is -1.60. The van der Waals surface area contributed by atoms with Crippen molar-refractivity contribution in [1.82, 2.24) is 10.2 Å². The summed E-state index contributed by atoms with van der Waals surface area (Å²) >= 11 is 0. The van der Waals surface area contributed by atoms with E-state index in [0.29, 0.717) is 18.8 Å². The highest BCUT2D eigenvalue weighted by atomic mass is 32.2. The second kappa shape index (κ2) is 7.60. The Morgan fingerprint density at radius 3 is 2.23 bits per heavy atom. The second-order valence-electron chi connectivity index (χ2n) is 5.66. The zero-order valence-corrected chi connectivity index (χ0v) is 14.6. The first kappa shape index (κ1) is 18.4. The topological polar surface area (TPSA) is 69.7 Å². The lowest BCUT2D eigenvalue weighted by atomic mass is 10.2. The fraction of sp³-hybridized carbons (Fsp3) is 0.533. The Morgan fingerprint density at radius 2 is 1.77 bits per heavy atom. The third-order valence-electron chi connectivity index (χ3n) is 3.24. The summed E-state index contributed by atoms with van der Waals surface area (Å²) in [6, 6.07) is 6.26. The molecule has 1 rings (SSSR count). The second-order valence-corrected chi connectivity index (χ2v) is 7.52. The van der Waals surface area contributed by atoms with Crippen LogP contribution in [0.3, 0.4) is 0 Å². The molecule has 7 heteroatoms. The van der Waals surface area contributed by atoms with Crippen LogP contribution in [-0.2, 0) is 14.8 Å². The van der Waals surface area contributed by atoms with E-state index < -0.39 is 16.1 Å². The van der Waals surface area contributed by atoms with Gasteiger partial charge in [-0.15, -0.1) is 0 Å². The fourth-order valence-corrected chi connectivity index (χ4v) is 3.23. The molecule has 0 spiro atoms. The maximum atomic E-state index is 12.2. The maximum Gasteiger partial charge on any atom is 0.243 e. The normalized spacial score (nSPS) is 13.0. The third-order valence-corrected chi connectivity index (χ3v) is 4.48. The summed E-state index contributed by atoms with van der Waals surface area (Å²) in [6.07, 6.45) is 1.11. The zero-order valence-electron chi connectivity index (χ0n) is 13.8. The lowest BCUT2D eigenvalue weighted by Gasteiger charge is -2.28. The zero-order chi connectivity index (χ0) is 16.9. The molecule has 0 radical (unpaired) electrons. The van der Waals surface area contributed by atoms with E-state index in [-0.39, 0.29) is 5.91 Å². The van der Waals surface area contributed by atoms with E-state index >= 15 is 0 Å². The van der Waals surface area contributed by atoms with Gasteiger partial charge in [0.2, 0.25) is 15.9 Å². The van der Waals surface area contributed by atoms with Crippen LogP contribution in [0.15, 0.2) is 24.3 Å². The Labute approximate surface area is 133 Å². The quantitative estimate of drug-likeness (QED) is 0.805. The molecule has 0 fully saturated rings. The molecule has 1 N–H and O–H groups in total. The summed E-state index contributed by atoms with van der Waals surface area (Å²) in [4.78, 5) is 14.2. The average molecular weight is 327 g/mol. The van der Waals surface area contributed by atoms with Crippen LogP contribution in [0.4, 0.5) is 5.69 Å². The minimum Gasteiger partial charge on any atom is -0.353 e. The number of amides is 1. The number of anilines is 1. The number of carbonyl (C=O) groups excluding carboxylic acids is 1. The van der Waals surface area contributed by atoms with Crippen LogP contribution in [0.2, 0.25) is 0 Å². The van der Waals surface area contributed by atoms with E-state index in [1.165, 1.54) is 0 Å². The van der Waals surface area contributed by atoms with Gasteiger partial charge in [-0.1, -0.05) is 17.7 Å². The number of carbonyl (C=O) groups is 1. The van der Waals surface area contributed by atoms with Crippen LogP contribution in [0.1, 0.15) is 12.5 Å². The number of benzene rings is 1. The van der Waals surface area contributed by atoms with Gasteiger partial charge in [-0.3, -0.25) is 9.10 Å². The number of rotatable bonds is 7. The monoisotopic (exact) mass is 327 g/mol. The number of nitrogens with one attached hydrogen (secondary N) is 1. The first-order valence-corrected chi connectivity index (χ1v) is 8.96. The van der Waals surface area contributed by atoms with Crippen molar-refractivity contribution in [2.24, 2.45) is 0 Å². The molecule has 6 nitrogen and oxygen atoms in total. The Kier molecular flexibility index (Phi) is 6.37. The summed E-state index contributed by atoms with van der Waals surface area (Å²) in [5.41, 5.74) is 1.52. The predicted octanol–water partition coefficient (Wildman–Crippen LogP) is 0.827. The number of nitrogens with zero attached hydrogens (tertiary/aromatic N) is 2. The van der Waals surface area contributed by atoms with E-state index in [9.17, 15) is 13.2 Å². The number of sulfonamides is 1. The molecular formula is C15H25N3O3S. The molecule has 0 aliphatic heterocycles. The van der Waals surface area contributed by atoms with Gasteiger partial charge < -0.3 is 10.2 Å². The van der Waals surface area contributed by atoms with Gasteiger partial charge in [-0.2, -0.15) is 0 Å².